The summed E-state index contributed by atoms with van der Waals surface area (Å²) in [5, 5.41) is 2.83. The molecule has 0 bridgehead atoms. The van der Waals surface area contributed by atoms with Crippen LogP contribution in [0, 0.1) is 5.41 Å². The zero-order valence-corrected chi connectivity index (χ0v) is 14.2. The minimum absolute atomic E-state index is 0.0106. The van der Waals surface area contributed by atoms with Gasteiger partial charge in [-0.1, -0.05) is 13.8 Å². The molecule has 1 aromatic carbocycles. The van der Waals surface area contributed by atoms with Crippen molar-refractivity contribution >= 4 is 11.8 Å². The van der Waals surface area contributed by atoms with Crippen molar-refractivity contribution in [3.8, 4) is 5.75 Å². The molecule has 1 saturated carbocycles. The Labute approximate surface area is 132 Å². The number of amides is 1. The monoisotopic (exact) mass is 306 g/mol. The molecule has 0 saturated heterocycles. The fourth-order valence-electron chi connectivity index (χ4n) is 2.72. The van der Waals surface area contributed by atoms with Crippen LogP contribution in [-0.2, 0) is 4.74 Å². The minimum atomic E-state index is -0.536. The SMILES string of the molecule is COc1ccc(NC(=O)OC(C)(C)C)c(C2C(N)C2(C)C)c1. The molecule has 5 nitrogen and oxygen atoms in total. The number of hydrogen-bond acceptors (Lipinski definition) is 4. The molecule has 0 heterocycles. The average molecular weight is 306 g/mol. The third-order valence-corrected chi connectivity index (χ3v) is 4.14. The lowest BCUT2D eigenvalue weighted by atomic mass is 10.0. The Kier molecular flexibility index (Phi) is 4.13. The van der Waals surface area contributed by atoms with Crippen molar-refractivity contribution in [2.45, 2.75) is 52.2 Å². The number of nitrogens with one attached hydrogen (secondary N) is 1. The molecule has 1 aliphatic carbocycles. The summed E-state index contributed by atoms with van der Waals surface area (Å²) >= 11 is 0. The fourth-order valence-corrected chi connectivity index (χ4v) is 2.72. The molecule has 1 amide bonds. The summed E-state index contributed by atoms with van der Waals surface area (Å²) in [6, 6.07) is 5.65. The average Bonchev–Trinajstić information content (AvgIpc) is 2.86. The Balaban J connectivity index is 2.26. The summed E-state index contributed by atoms with van der Waals surface area (Å²) in [4.78, 5) is 12.0. The van der Waals surface area contributed by atoms with E-state index in [0.29, 0.717) is 0 Å². The van der Waals surface area contributed by atoms with Crippen molar-refractivity contribution in [2.24, 2.45) is 11.1 Å². The minimum Gasteiger partial charge on any atom is -0.497 e. The van der Waals surface area contributed by atoms with Gasteiger partial charge in [-0.05, 0) is 49.9 Å². The van der Waals surface area contributed by atoms with Crippen molar-refractivity contribution in [2.75, 3.05) is 12.4 Å². The summed E-state index contributed by atoms with van der Waals surface area (Å²) in [7, 11) is 1.62. The van der Waals surface area contributed by atoms with Gasteiger partial charge in [-0.15, -0.1) is 0 Å². The van der Waals surface area contributed by atoms with Crippen LogP contribution in [0.3, 0.4) is 0 Å². The van der Waals surface area contributed by atoms with Gasteiger partial charge in [-0.3, -0.25) is 5.32 Å². The molecule has 1 aromatic rings. The van der Waals surface area contributed by atoms with Gasteiger partial charge in [0.2, 0.25) is 0 Å². The standard InChI is InChI=1S/C17H26N2O3/c1-16(2,3)22-15(20)19-12-8-7-10(21-6)9-11(12)13-14(18)17(13,4)5/h7-9,13-14H,18H2,1-6H3,(H,19,20). The van der Waals surface area contributed by atoms with Crippen molar-refractivity contribution in [1.29, 1.82) is 0 Å². The predicted molar refractivity (Wildman–Crippen MR) is 87.3 cm³/mol. The van der Waals surface area contributed by atoms with Crippen molar-refractivity contribution in [3.05, 3.63) is 23.8 Å². The number of methoxy groups -OCH3 is 1. The van der Waals surface area contributed by atoms with Crippen LogP contribution >= 0.6 is 0 Å². The second-order valence-corrected chi connectivity index (χ2v) is 7.40. The summed E-state index contributed by atoms with van der Waals surface area (Å²) in [5.74, 6) is 0.937. The molecule has 0 aliphatic heterocycles. The number of rotatable bonds is 3. The molecule has 3 N–H and O–H groups in total. The van der Waals surface area contributed by atoms with E-state index in [1.165, 1.54) is 0 Å². The highest BCUT2D eigenvalue weighted by Crippen LogP contribution is 2.59. The molecular weight excluding hydrogens is 280 g/mol. The first-order valence-electron chi connectivity index (χ1n) is 7.50. The van der Waals surface area contributed by atoms with E-state index in [-0.39, 0.29) is 17.4 Å². The molecule has 1 fully saturated rings. The van der Waals surface area contributed by atoms with E-state index in [2.05, 4.69) is 19.2 Å². The number of ether oxygens (including phenoxy) is 2. The van der Waals surface area contributed by atoms with E-state index in [9.17, 15) is 4.79 Å². The zero-order valence-electron chi connectivity index (χ0n) is 14.2. The highest BCUT2D eigenvalue weighted by atomic mass is 16.6. The maximum absolute atomic E-state index is 12.0. The van der Waals surface area contributed by atoms with Crippen LogP contribution in [0.1, 0.15) is 46.1 Å². The molecule has 0 radical (unpaired) electrons. The van der Waals surface area contributed by atoms with E-state index in [1.54, 1.807) is 7.11 Å². The third kappa shape index (κ3) is 3.35. The van der Waals surface area contributed by atoms with E-state index >= 15 is 0 Å². The number of nitrogens with two attached hydrogens (primary N) is 1. The highest BCUT2D eigenvalue weighted by molar-refractivity contribution is 5.86. The van der Waals surface area contributed by atoms with Gasteiger partial charge >= 0.3 is 6.09 Å². The molecule has 2 rings (SSSR count). The van der Waals surface area contributed by atoms with Gasteiger partial charge in [0.05, 0.1) is 7.11 Å². The van der Waals surface area contributed by atoms with Gasteiger partial charge < -0.3 is 15.2 Å². The van der Waals surface area contributed by atoms with E-state index in [1.807, 2.05) is 39.0 Å². The molecule has 2 unspecified atom stereocenters. The Morgan fingerprint density at radius 2 is 1.91 bits per heavy atom. The predicted octanol–water partition coefficient (Wildman–Crippen LogP) is 3.49. The van der Waals surface area contributed by atoms with Gasteiger partial charge in [0, 0.05) is 17.6 Å². The Morgan fingerprint density at radius 1 is 1.32 bits per heavy atom. The maximum atomic E-state index is 12.0. The molecule has 122 valence electrons. The zero-order chi connectivity index (χ0) is 16.7. The number of carbonyl (C=O) groups excluding carboxylic acids is 1. The maximum Gasteiger partial charge on any atom is 0.412 e. The lowest BCUT2D eigenvalue weighted by Gasteiger charge is -2.21. The van der Waals surface area contributed by atoms with Crippen LogP contribution in [0.25, 0.3) is 0 Å². The first kappa shape index (κ1) is 16.6. The molecular formula is C17H26N2O3. The summed E-state index contributed by atoms with van der Waals surface area (Å²) in [6.45, 7) is 9.75. The van der Waals surface area contributed by atoms with E-state index < -0.39 is 11.7 Å². The topological polar surface area (TPSA) is 73.6 Å². The van der Waals surface area contributed by atoms with E-state index in [0.717, 1.165) is 17.0 Å². The third-order valence-electron chi connectivity index (χ3n) is 4.14. The van der Waals surface area contributed by atoms with Crippen LogP contribution < -0.4 is 15.8 Å². The second-order valence-electron chi connectivity index (χ2n) is 7.40. The van der Waals surface area contributed by atoms with Crippen molar-refractivity contribution in [3.63, 3.8) is 0 Å². The first-order chi connectivity index (χ1) is 10.1. The summed E-state index contributed by atoms with van der Waals surface area (Å²) in [5.41, 5.74) is 7.37. The Bertz CT molecular complexity index is 576. The summed E-state index contributed by atoms with van der Waals surface area (Å²) < 4.78 is 10.6. The van der Waals surface area contributed by atoms with Gasteiger partial charge in [0.25, 0.3) is 0 Å². The largest absolute Gasteiger partial charge is 0.497 e. The molecule has 1 aliphatic rings. The molecule has 2 atom stereocenters. The van der Waals surface area contributed by atoms with Crippen LogP contribution in [0.15, 0.2) is 18.2 Å². The first-order valence-corrected chi connectivity index (χ1v) is 7.50. The lowest BCUT2D eigenvalue weighted by Crippen LogP contribution is -2.27. The Hall–Kier alpha value is -1.75. The van der Waals surface area contributed by atoms with Crippen LogP contribution in [-0.4, -0.2) is 24.8 Å². The summed E-state index contributed by atoms with van der Waals surface area (Å²) in [6.07, 6.45) is -0.467. The highest BCUT2D eigenvalue weighted by Gasteiger charge is 2.57. The number of carbonyl (C=O) groups is 1. The van der Waals surface area contributed by atoms with Crippen molar-refractivity contribution < 1.29 is 14.3 Å². The number of hydrogen-bond donors (Lipinski definition) is 2. The Morgan fingerprint density at radius 3 is 2.36 bits per heavy atom. The molecule has 5 heteroatoms. The fraction of sp³-hybridized carbons (Fsp3) is 0.588. The lowest BCUT2D eigenvalue weighted by molar-refractivity contribution is 0.0635. The quantitative estimate of drug-likeness (QED) is 0.896. The normalized spacial score (nSPS) is 22.9. The van der Waals surface area contributed by atoms with Gasteiger partial charge in [-0.25, -0.2) is 4.79 Å². The van der Waals surface area contributed by atoms with Gasteiger partial charge in [-0.2, -0.15) is 0 Å². The van der Waals surface area contributed by atoms with Crippen LogP contribution in [0.4, 0.5) is 10.5 Å². The van der Waals surface area contributed by atoms with Gasteiger partial charge in [0.15, 0.2) is 0 Å². The van der Waals surface area contributed by atoms with Crippen LogP contribution in [0.5, 0.6) is 5.75 Å². The number of benzene rings is 1. The molecule has 0 aromatic heterocycles. The van der Waals surface area contributed by atoms with E-state index in [4.69, 9.17) is 15.2 Å². The van der Waals surface area contributed by atoms with Crippen LogP contribution in [0.2, 0.25) is 0 Å². The smallest absolute Gasteiger partial charge is 0.412 e. The number of anilines is 1. The molecule has 0 spiro atoms. The molecule has 22 heavy (non-hydrogen) atoms. The van der Waals surface area contributed by atoms with Gasteiger partial charge in [0.1, 0.15) is 11.4 Å². The second kappa shape index (κ2) is 5.47. The van der Waals surface area contributed by atoms with Crippen molar-refractivity contribution in [1.82, 2.24) is 0 Å².